The lowest BCUT2D eigenvalue weighted by molar-refractivity contribution is -0.132. The summed E-state index contributed by atoms with van der Waals surface area (Å²) in [4.78, 5) is 13.5. The van der Waals surface area contributed by atoms with Crippen LogP contribution in [0.1, 0.15) is 32.4 Å². The molecule has 1 amide bonds. The smallest absolute Gasteiger partial charge is 0.260 e. The van der Waals surface area contributed by atoms with Crippen molar-refractivity contribution >= 4 is 5.91 Å². The van der Waals surface area contributed by atoms with E-state index in [0.717, 1.165) is 0 Å². The van der Waals surface area contributed by atoms with Gasteiger partial charge in [-0.05, 0) is 26.8 Å². The van der Waals surface area contributed by atoms with E-state index in [1.807, 2.05) is 13.8 Å². The highest BCUT2D eigenvalue weighted by atomic mass is 19.1. The highest BCUT2D eigenvalue weighted by Crippen LogP contribution is 2.24. The summed E-state index contributed by atoms with van der Waals surface area (Å²) in [5.41, 5.74) is 6.47. The second-order valence-electron chi connectivity index (χ2n) is 4.33. The maximum absolute atomic E-state index is 13.2. The largest absolute Gasteiger partial charge is 0.483 e. The molecule has 1 atom stereocenters. The summed E-state index contributed by atoms with van der Waals surface area (Å²) in [6.07, 6.45) is 0. The second-order valence-corrected chi connectivity index (χ2v) is 4.33. The number of carbonyl (C=O) groups excluding carboxylic acids is 1. The predicted octanol–water partition coefficient (Wildman–Crippen LogP) is 2.09. The van der Waals surface area contributed by atoms with Crippen LogP contribution in [0.2, 0.25) is 0 Å². The van der Waals surface area contributed by atoms with Crippen LogP contribution in [-0.2, 0) is 4.79 Å². The summed E-state index contributed by atoms with van der Waals surface area (Å²) >= 11 is 0. The van der Waals surface area contributed by atoms with Gasteiger partial charge in [0.15, 0.2) is 6.61 Å². The Morgan fingerprint density at radius 2 is 2.05 bits per heavy atom. The molecule has 0 aliphatic heterocycles. The molecule has 0 aliphatic carbocycles. The van der Waals surface area contributed by atoms with Crippen molar-refractivity contribution in [3.8, 4) is 5.75 Å². The average molecular weight is 268 g/mol. The molecular weight excluding hydrogens is 247 g/mol. The molecule has 0 radical (unpaired) electrons. The summed E-state index contributed by atoms with van der Waals surface area (Å²) in [6.45, 7) is 6.73. The van der Waals surface area contributed by atoms with Crippen molar-refractivity contribution in [2.24, 2.45) is 5.73 Å². The van der Waals surface area contributed by atoms with Gasteiger partial charge in [0.1, 0.15) is 11.6 Å². The summed E-state index contributed by atoms with van der Waals surface area (Å²) in [5, 5.41) is 0. The van der Waals surface area contributed by atoms with Crippen molar-refractivity contribution in [2.75, 3.05) is 19.7 Å². The first-order chi connectivity index (χ1) is 8.99. The van der Waals surface area contributed by atoms with Crippen LogP contribution in [0.4, 0.5) is 4.39 Å². The van der Waals surface area contributed by atoms with Crippen molar-refractivity contribution in [1.82, 2.24) is 4.90 Å². The Hall–Kier alpha value is -1.62. The van der Waals surface area contributed by atoms with Gasteiger partial charge in [-0.25, -0.2) is 4.39 Å². The fourth-order valence-electron chi connectivity index (χ4n) is 1.82. The molecule has 0 aliphatic rings. The lowest BCUT2D eigenvalue weighted by Gasteiger charge is -2.20. The number of rotatable bonds is 6. The van der Waals surface area contributed by atoms with Crippen LogP contribution < -0.4 is 10.5 Å². The summed E-state index contributed by atoms with van der Waals surface area (Å²) < 4.78 is 18.6. The first-order valence-corrected chi connectivity index (χ1v) is 6.45. The van der Waals surface area contributed by atoms with E-state index < -0.39 is 5.82 Å². The number of carbonyl (C=O) groups is 1. The lowest BCUT2D eigenvalue weighted by atomic mass is 10.1. The van der Waals surface area contributed by atoms with Gasteiger partial charge >= 0.3 is 0 Å². The standard InChI is InChI=1S/C14H21FN2O2/c1-4-17(5-2)14(18)9-19-13-8-11(15)6-7-12(13)10(3)16/h6-8,10H,4-5,9,16H2,1-3H3/t10-/m1/s1. The molecule has 0 spiro atoms. The van der Waals surface area contributed by atoms with Crippen molar-refractivity contribution in [3.05, 3.63) is 29.6 Å². The van der Waals surface area contributed by atoms with Crippen molar-refractivity contribution < 1.29 is 13.9 Å². The quantitative estimate of drug-likeness (QED) is 0.859. The molecule has 0 saturated carbocycles. The Morgan fingerprint density at radius 1 is 1.42 bits per heavy atom. The van der Waals surface area contributed by atoms with Crippen LogP contribution in [0.15, 0.2) is 18.2 Å². The average Bonchev–Trinajstić information content (AvgIpc) is 2.37. The zero-order chi connectivity index (χ0) is 14.4. The zero-order valence-electron chi connectivity index (χ0n) is 11.6. The van der Waals surface area contributed by atoms with Crippen LogP contribution in [0, 0.1) is 5.82 Å². The Kier molecular flexibility index (Phi) is 5.76. The summed E-state index contributed by atoms with van der Waals surface area (Å²) in [7, 11) is 0. The molecule has 1 aromatic rings. The molecule has 1 rings (SSSR count). The minimum atomic E-state index is -0.408. The lowest BCUT2D eigenvalue weighted by Crippen LogP contribution is -2.34. The highest BCUT2D eigenvalue weighted by molar-refractivity contribution is 5.77. The number of halogens is 1. The minimum absolute atomic E-state index is 0.106. The maximum atomic E-state index is 13.2. The van der Waals surface area contributed by atoms with Crippen molar-refractivity contribution in [2.45, 2.75) is 26.8 Å². The van der Waals surface area contributed by atoms with E-state index in [1.165, 1.54) is 12.1 Å². The van der Waals surface area contributed by atoms with Gasteiger partial charge in [0, 0.05) is 30.8 Å². The van der Waals surface area contributed by atoms with Gasteiger partial charge in [0.25, 0.3) is 5.91 Å². The third kappa shape index (κ3) is 4.21. The van der Waals surface area contributed by atoms with Crippen molar-refractivity contribution in [3.63, 3.8) is 0 Å². The maximum Gasteiger partial charge on any atom is 0.260 e. The van der Waals surface area contributed by atoms with Crippen LogP contribution in [0.25, 0.3) is 0 Å². The van der Waals surface area contributed by atoms with Gasteiger partial charge in [0.05, 0.1) is 0 Å². The molecular formula is C14H21FN2O2. The van der Waals surface area contributed by atoms with Crippen molar-refractivity contribution in [1.29, 1.82) is 0 Å². The fraction of sp³-hybridized carbons (Fsp3) is 0.500. The van der Waals surface area contributed by atoms with Gasteiger partial charge in [-0.15, -0.1) is 0 Å². The molecule has 106 valence electrons. The normalized spacial score (nSPS) is 12.1. The Bertz CT molecular complexity index is 431. The summed E-state index contributed by atoms with van der Waals surface area (Å²) in [5.74, 6) is -0.199. The number of hydrogen-bond acceptors (Lipinski definition) is 3. The van der Waals surface area contributed by atoms with E-state index in [4.69, 9.17) is 10.5 Å². The molecule has 5 heteroatoms. The fourth-order valence-corrected chi connectivity index (χ4v) is 1.82. The highest BCUT2D eigenvalue weighted by Gasteiger charge is 2.14. The molecule has 2 N–H and O–H groups in total. The van der Waals surface area contributed by atoms with E-state index in [1.54, 1.807) is 17.9 Å². The second kappa shape index (κ2) is 7.09. The van der Waals surface area contributed by atoms with E-state index in [0.29, 0.717) is 24.4 Å². The number of likely N-dealkylation sites (N-methyl/N-ethyl adjacent to an activating group) is 1. The number of amides is 1. The molecule has 0 saturated heterocycles. The Balaban J connectivity index is 2.77. The molecule has 0 unspecified atom stereocenters. The first-order valence-electron chi connectivity index (χ1n) is 6.45. The number of nitrogens with zero attached hydrogens (tertiary/aromatic N) is 1. The third-order valence-corrected chi connectivity index (χ3v) is 2.93. The van der Waals surface area contributed by atoms with Crippen LogP contribution in [-0.4, -0.2) is 30.5 Å². The van der Waals surface area contributed by atoms with E-state index in [2.05, 4.69) is 0 Å². The molecule has 0 fully saturated rings. The monoisotopic (exact) mass is 268 g/mol. The van der Waals surface area contributed by atoms with E-state index in [-0.39, 0.29) is 18.6 Å². The predicted molar refractivity (Wildman–Crippen MR) is 72.4 cm³/mol. The first kappa shape index (κ1) is 15.4. The topological polar surface area (TPSA) is 55.6 Å². The molecule has 0 bridgehead atoms. The molecule has 19 heavy (non-hydrogen) atoms. The van der Waals surface area contributed by atoms with Gasteiger partial charge in [-0.2, -0.15) is 0 Å². The van der Waals surface area contributed by atoms with Gasteiger partial charge in [0.2, 0.25) is 0 Å². The van der Waals surface area contributed by atoms with Gasteiger partial charge in [-0.1, -0.05) is 6.07 Å². The molecule has 0 aromatic heterocycles. The van der Waals surface area contributed by atoms with E-state index in [9.17, 15) is 9.18 Å². The SMILES string of the molecule is CCN(CC)C(=O)COc1cc(F)ccc1[C@@H](C)N. The minimum Gasteiger partial charge on any atom is -0.483 e. The van der Waals surface area contributed by atoms with Crippen LogP contribution in [0.5, 0.6) is 5.75 Å². The number of benzene rings is 1. The molecule has 4 nitrogen and oxygen atoms in total. The third-order valence-electron chi connectivity index (χ3n) is 2.93. The Labute approximate surface area is 113 Å². The summed E-state index contributed by atoms with van der Waals surface area (Å²) in [6, 6.07) is 3.89. The number of nitrogens with two attached hydrogens (primary N) is 1. The molecule has 1 aromatic carbocycles. The van der Waals surface area contributed by atoms with Crippen LogP contribution >= 0.6 is 0 Å². The number of ether oxygens (including phenoxy) is 1. The van der Waals surface area contributed by atoms with E-state index >= 15 is 0 Å². The number of hydrogen-bond donors (Lipinski definition) is 1. The Morgan fingerprint density at radius 3 is 2.58 bits per heavy atom. The van der Waals surface area contributed by atoms with Gasteiger partial charge < -0.3 is 15.4 Å². The van der Waals surface area contributed by atoms with Crippen LogP contribution in [0.3, 0.4) is 0 Å². The zero-order valence-corrected chi connectivity index (χ0v) is 11.6. The molecule has 0 heterocycles. The van der Waals surface area contributed by atoms with Gasteiger partial charge in [-0.3, -0.25) is 4.79 Å².